The molecule has 7 nitrogen and oxygen atoms in total. The van der Waals surface area contributed by atoms with Crippen LogP contribution in [0.2, 0.25) is 0 Å². The van der Waals surface area contributed by atoms with Crippen molar-refractivity contribution >= 4 is 22.9 Å². The monoisotopic (exact) mass is 421 g/mol. The summed E-state index contributed by atoms with van der Waals surface area (Å²) in [4.78, 5) is 24.2. The summed E-state index contributed by atoms with van der Waals surface area (Å²) in [6.45, 7) is 8.31. The second-order valence-corrected chi connectivity index (χ2v) is 8.42. The Bertz CT molecular complexity index is 1040. The Morgan fingerprint density at radius 1 is 1.19 bits per heavy atom. The van der Waals surface area contributed by atoms with E-state index in [4.69, 9.17) is 9.72 Å². The maximum absolute atomic E-state index is 12.9. The number of para-hydroxylation sites is 2. The standard InChI is InChI=1S/C24H31N5O2/c1-4-31-21-10-6-5-8-19(21)27-24(30)28-14-11-18(12-15-28)29-22(16-17(2)3)26-20-9-7-13-25-23(20)29/h5-10,13,17-18H,4,11-12,14-16H2,1-3H3,(H,27,30). The minimum absolute atomic E-state index is 0.0818. The number of ether oxygens (including phenoxy) is 1. The zero-order chi connectivity index (χ0) is 21.8. The van der Waals surface area contributed by atoms with Crippen molar-refractivity contribution in [2.45, 2.75) is 46.1 Å². The van der Waals surface area contributed by atoms with Gasteiger partial charge in [0.25, 0.3) is 0 Å². The first-order valence-corrected chi connectivity index (χ1v) is 11.2. The molecule has 1 aromatic carbocycles. The number of carbonyl (C=O) groups excluding carboxylic acids is 1. The van der Waals surface area contributed by atoms with Crippen molar-refractivity contribution in [2.75, 3.05) is 25.0 Å². The van der Waals surface area contributed by atoms with E-state index < -0.39 is 0 Å². The van der Waals surface area contributed by atoms with Gasteiger partial charge in [0.15, 0.2) is 5.65 Å². The van der Waals surface area contributed by atoms with Crippen molar-refractivity contribution in [2.24, 2.45) is 5.92 Å². The normalized spacial score (nSPS) is 14.9. The van der Waals surface area contributed by atoms with E-state index in [2.05, 4.69) is 28.7 Å². The minimum Gasteiger partial charge on any atom is -0.492 e. The van der Waals surface area contributed by atoms with Gasteiger partial charge < -0.3 is 19.5 Å². The van der Waals surface area contributed by atoms with Gasteiger partial charge in [-0.15, -0.1) is 0 Å². The van der Waals surface area contributed by atoms with Crippen LogP contribution in [0.1, 0.15) is 45.5 Å². The molecule has 1 aliphatic rings. The third kappa shape index (κ3) is 4.65. The lowest BCUT2D eigenvalue weighted by Crippen LogP contribution is -2.41. The number of piperidine rings is 1. The first-order chi connectivity index (χ1) is 15.1. The van der Waals surface area contributed by atoms with Crippen LogP contribution in [0.4, 0.5) is 10.5 Å². The molecule has 1 saturated heterocycles. The van der Waals surface area contributed by atoms with Gasteiger partial charge in [-0.1, -0.05) is 26.0 Å². The fourth-order valence-corrected chi connectivity index (χ4v) is 4.24. The molecule has 2 aromatic heterocycles. The molecular formula is C24H31N5O2. The number of likely N-dealkylation sites (tertiary alicyclic amines) is 1. The SMILES string of the molecule is CCOc1ccccc1NC(=O)N1CCC(n2c(CC(C)C)nc3cccnc32)CC1. The molecule has 7 heteroatoms. The van der Waals surface area contributed by atoms with Crippen LogP contribution in [0.25, 0.3) is 11.2 Å². The Morgan fingerprint density at radius 2 is 1.97 bits per heavy atom. The summed E-state index contributed by atoms with van der Waals surface area (Å²) in [7, 11) is 0. The van der Waals surface area contributed by atoms with Crippen molar-refractivity contribution < 1.29 is 9.53 Å². The predicted molar refractivity (Wildman–Crippen MR) is 123 cm³/mol. The van der Waals surface area contributed by atoms with Gasteiger partial charge in [0.1, 0.15) is 17.1 Å². The topological polar surface area (TPSA) is 72.3 Å². The Hall–Kier alpha value is -3.09. The van der Waals surface area contributed by atoms with Crippen LogP contribution in [0.15, 0.2) is 42.6 Å². The fourth-order valence-electron chi connectivity index (χ4n) is 4.24. The van der Waals surface area contributed by atoms with Crippen molar-refractivity contribution in [1.29, 1.82) is 0 Å². The molecule has 0 unspecified atom stereocenters. The molecule has 0 radical (unpaired) electrons. The molecule has 0 saturated carbocycles. The Kier molecular flexibility index (Phi) is 6.39. The number of benzene rings is 1. The smallest absolute Gasteiger partial charge is 0.321 e. The highest BCUT2D eigenvalue weighted by atomic mass is 16.5. The van der Waals surface area contributed by atoms with Crippen LogP contribution in [0, 0.1) is 5.92 Å². The van der Waals surface area contributed by atoms with Gasteiger partial charge in [-0.2, -0.15) is 0 Å². The average molecular weight is 422 g/mol. The van der Waals surface area contributed by atoms with E-state index in [1.54, 1.807) is 0 Å². The molecule has 1 aliphatic heterocycles. The Labute approximate surface area is 183 Å². The third-order valence-corrected chi connectivity index (χ3v) is 5.66. The van der Waals surface area contributed by atoms with Crippen molar-refractivity contribution in [1.82, 2.24) is 19.4 Å². The summed E-state index contributed by atoms with van der Waals surface area (Å²) >= 11 is 0. The molecule has 0 bridgehead atoms. The number of hydrogen-bond acceptors (Lipinski definition) is 4. The van der Waals surface area contributed by atoms with Gasteiger partial charge >= 0.3 is 6.03 Å². The number of hydrogen-bond donors (Lipinski definition) is 1. The van der Waals surface area contributed by atoms with Crippen molar-refractivity contribution in [3.8, 4) is 5.75 Å². The van der Waals surface area contributed by atoms with Gasteiger partial charge in [-0.05, 0) is 49.9 Å². The number of amides is 2. The van der Waals surface area contributed by atoms with E-state index in [0.29, 0.717) is 43.1 Å². The van der Waals surface area contributed by atoms with Crippen molar-refractivity contribution in [3.63, 3.8) is 0 Å². The molecule has 3 aromatic rings. The first kappa shape index (κ1) is 21.2. The first-order valence-electron chi connectivity index (χ1n) is 11.2. The average Bonchev–Trinajstić information content (AvgIpc) is 3.12. The predicted octanol–water partition coefficient (Wildman–Crippen LogP) is 4.90. The molecule has 1 N–H and O–H groups in total. The lowest BCUT2D eigenvalue weighted by molar-refractivity contribution is 0.183. The summed E-state index contributed by atoms with van der Waals surface area (Å²) in [6, 6.07) is 11.7. The zero-order valence-electron chi connectivity index (χ0n) is 18.5. The maximum Gasteiger partial charge on any atom is 0.321 e. The van der Waals surface area contributed by atoms with Crippen LogP contribution in [0.5, 0.6) is 5.75 Å². The third-order valence-electron chi connectivity index (χ3n) is 5.66. The minimum atomic E-state index is -0.0818. The van der Waals surface area contributed by atoms with E-state index in [1.807, 2.05) is 54.4 Å². The molecule has 3 heterocycles. The number of carbonyl (C=O) groups is 1. The second-order valence-electron chi connectivity index (χ2n) is 8.42. The lowest BCUT2D eigenvalue weighted by Gasteiger charge is -2.33. The fraction of sp³-hybridized carbons (Fsp3) is 0.458. The number of imidazole rings is 1. The number of pyridine rings is 1. The van der Waals surface area contributed by atoms with Crippen molar-refractivity contribution in [3.05, 3.63) is 48.4 Å². The summed E-state index contributed by atoms with van der Waals surface area (Å²) in [6.07, 6.45) is 4.52. The van der Waals surface area contributed by atoms with E-state index in [1.165, 1.54) is 0 Å². The quantitative estimate of drug-likeness (QED) is 0.615. The molecule has 164 valence electrons. The van der Waals surface area contributed by atoms with Crippen LogP contribution in [-0.2, 0) is 6.42 Å². The lowest BCUT2D eigenvalue weighted by atomic mass is 10.0. The molecule has 31 heavy (non-hydrogen) atoms. The second kappa shape index (κ2) is 9.37. The largest absolute Gasteiger partial charge is 0.492 e. The van der Waals surface area contributed by atoms with Gasteiger partial charge in [0.2, 0.25) is 0 Å². The van der Waals surface area contributed by atoms with Crippen LogP contribution < -0.4 is 10.1 Å². The van der Waals surface area contributed by atoms with E-state index in [-0.39, 0.29) is 6.03 Å². The number of nitrogens with one attached hydrogen (secondary N) is 1. The van der Waals surface area contributed by atoms with E-state index in [0.717, 1.165) is 36.3 Å². The van der Waals surface area contributed by atoms with Gasteiger partial charge in [-0.25, -0.2) is 14.8 Å². The molecule has 2 amide bonds. The summed E-state index contributed by atoms with van der Waals surface area (Å²) in [5, 5.41) is 3.01. The maximum atomic E-state index is 12.9. The number of fused-ring (bicyclic) bond motifs is 1. The number of urea groups is 1. The number of nitrogens with zero attached hydrogens (tertiary/aromatic N) is 4. The summed E-state index contributed by atoms with van der Waals surface area (Å²) in [5.74, 6) is 2.31. The molecular weight excluding hydrogens is 390 g/mol. The van der Waals surface area contributed by atoms with Crippen LogP contribution in [0.3, 0.4) is 0 Å². The van der Waals surface area contributed by atoms with Crippen LogP contribution >= 0.6 is 0 Å². The van der Waals surface area contributed by atoms with Gasteiger partial charge in [-0.3, -0.25) is 0 Å². The zero-order valence-corrected chi connectivity index (χ0v) is 18.5. The highest BCUT2D eigenvalue weighted by Gasteiger charge is 2.27. The number of aromatic nitrogens is 3. The molecule has 1 fully saturated rings. The van der Waals surface area contributed by atoms with Gasteiger partial charge in [0, 0.05) is 31.7 Å². The molecule has 0 atom stereocenters. The van der Waals surface area contributed by atoms with E-state index >= 15 is 0 Å². The number of anilines is 1. The van der Waals surface area contributed by atoms with Crippen LogP contribution in [-0.4, -0.2) is 45.2 Å². The molecule has 4 rings (SSSR count). The molecule has 0 spiro atoms. The highest BCUT2D eigenvalue weighted by Crippen LogP contribution is 2.30. The Morgan fingerprint density at radius 3 is 2.71 bits per heavy atom. The van der Waals surface area contributed by atoms with E-state index in [9.17, 15) is 4.79 Å². The summed E-state index contributed by atoms with van der Waals surface area (Å²) in [5.41, 5.74) is 2.61. The highest BCUT2D eigenvalue weighted by molar-refractivity contribution is 5.91. The summed E-state index contributed by atoms with van der Waals surface area (Å²) < 4.78 is 7.94. The molecule has 0 aliphatic carbocycles. The van der Waals surface area contributed by atoms with Gasteiger partial charge in [0.05, 0.1) is 12.3 Å². The Balaban J connectivity index is 1.46. The number of rotatable bonds is 6.